The van der Waals surface area contributed by atoms with Crippen LogP contribution in [0.25, 0.3) is 5.76 Å². The number of carbonyl (C=O) groups excluding carboxylic acids is 2. The third-order valence-electron chi connectivity index (χ3n) is 5.69. The van der Waals surface area contributed by atoms with Crippen LogP contribution in [0.3, 0.4) is 0 Å². The molecule has 9 heteroatoms. The number of benzene rings is 2. The Morgan fingerprint density at radius 3 is 2.36 bits per heavy atom. The summed E-state index contributed by atoms with van der Waals surface area (Å²) >= 11 is 0. The normalized spacial score (nSPS) is 17.0. The summed E-state index contributed by atoms with van der Waals surface area (Å²) in [5, 5.41) is 11.4. The van der Waals surface area contributed by atoms with Crippen LogP contribution >= 0.6 is 0 Å². The zero-order chi connectivity index (χ0) is 26.4. The third-order valence-corrected chi connectivity index (χ3v) is 5.69. The maximum Gasteiger partial charge on any atom is 0.295 e. The fourth-order valence-electron chi connectivity index (χ4n) is 4.10. The Bertz CT molecular complexity index is 1140. The number of methoxy groups -OCH3 is 3. The van der Waals surface area contributed by atoms with Crippen LogP contribution in [0.1, 0.15) is 37.9 Å². The molecule has 9 nitrogen and oxygen atoms in total. The average molecular weight is 500 g/mol. The molecular formula is C27H33NO8. The van der Waals surface area contributed by atoms with Gasteiger partial charge in [0.1, 0.15) is 17.3 Å². The summed E-state index contributed by atoms with van der Waals surface area (Å²) in [6.07, 6.45) is -0.0788. The van der Waals surface area contributed by atoms with Crippen LogP contribution in [0.2, 0.25) is 0 Å². The van der Waals surface area contributed by atoms with Crippen molar-refractivity contribution in [2.24, 2.45) is 0 Å². The van der Waals surface area contributed by atoms with E-state index in [1.165, 1.54) is 26.2 Å². The maximum absolute atomic E-state index is 13.3. The standard InChI is InChI=1S/C27H33NO8/c1-7-35-22-14-17(8-11-20(22)36-16(2)3)24-23(26(30)27(31)28(24)12-13-32-4)25(29)19-10-9-18(33-5)15-21(19)34-6/h8-11,14-16,24,29H,7,12-13H2,1-6H3/b25-23+. The Balaban J connectivity index is 2.22. The van der Waals surface area contributed by atoms with Gasteiger partial charge in [-0.1, -0.05) is 6.07 Å². The lowest BCUT2D eigenvalue weighted by Gasteiger charge is -2.26. The number of ether oxygens (including phenoxy) is 5. The fourth-order valence-corrected chi connectivity index (χ4v) is 4.10. The van der Waals surface area contributed by atoms with E-state index in [0.717, 1.165) is 0 Å². The van der Waals surface area contributed by atoms with E-state index in [1.54, 1.807) is 36.4 Å². The van der Waals surface area contributed by atoms with Gasteiger partial charge in [0.15, 0.2) is 11.5 Å². The molecule has 0 saturated carbocycles. The predicted octanol–water partition coefficient (Wildman–Crippen LogP) is 3.96. The van der Waals surface area contributed by atoms with Crippen LogP contribution in [-0.4, -0.2) is 68.9 Å². The van der Waals surface area contributed by atoms with E-state index in [4.69, 9.17) is 23.7 Å². The number of ketones is 1. The SMILES string of the molecule is CCOc1cc(C2/C(=C(\O)c3ccc(OC)cc3OC)C(=O)C(=O)N2CCOC)ccc1OC(C)C. The molecule has 0 aliphatic carbocycles. The number of rotatable bonds is 11. The number of nitrogens with zero attached hydrogens (tertiary/aromatic N) is 1. The minimum Gasteiger partial charge on any atom is -0.507 e. The van der Waals surface area contributed by atoms with Crippen molar-refractivity contribution < 1.29 is 38.4 Å². The van der Waals surface area contributed by atoms with Gasteiger partial charge in [0.05, 0.1) is 50.7 Å². The Kier molecular flexibility index (Phi) is 8.82. The number of hydrogen-bond donors (Lipinski definition) is 1. The highest BCUT2D eigenvalue weighted by molar-refractivity contribution is 6.46. The molecule has 0 bridgehead atoms. The number of hydrogen-bond acceptors (Lipinski definition) is 8. The predicted molar refractivity (Wildman–Crippen MR) is 134 cm³/mol. The molecule has 1 aliphatic heterocycles. The van der Waals surface area contributed by atoms with Crippen molar-refractivity contribution in [1.29, 1.82) is 0 Å². The second-order valence-electron chi connectivity index (χ2n) is 8.36. The van der Waals surface area contributed by atoms with Gasteiger partial charge < -0.3 is 33.7 Å². The van der Waals surface area contributed by atoms with E-state index in [2.05, 4.69) is 0 Å². The lowest BCUT2D eigenvalue weighted by atomic mass is 9.94. The number of amides is 1. The monoisotopic (exact) mass is 499 g/mol. The molecule has 0 spiro atoms. The molecule has 1 N–H and O–H groups in total. The van der Waals surface area contributed by atoms with Gasteiger partial charge in [0.25, 0.3) is 11.7 Å². The van der Waals surface area contributed by atoms with Crippen molar-refractivity contribution >= 4 is 17.4 Å². The first-order valence-electron chi connectivity index (χ1n) is 11.7. The van der Waals surface area contributed by atoms with E-state index in [-0.39, 0.29) is 36.2 Å². The van der Waals surface area contributed by atoms with Gasteiger partial charge in [0, 0.05) is 19.7 Å². The number of likely N-dealkylation sites (tertiary alicyclic amines) is 1. The van der Waals surface area contributed by atoms with Gasteiger partial charge in [-0.15, -0.1) is 0 Å². The molecule has 1 heterocycles. The second kappa shape index (κ2) is 11.8. The van der Waals surface area contributed by atoms with Crippen LogP contribution < -0.4 is 18.9 Å². The van der Waals surface area contributed by atoms with Gasteiger partial charge in [0.2, 0.25) is 0 Å². The highest BCUT2D eigenvalue weighted by Gasteiger charge is 2.46. The Morgan fingerprint density at radius 2 is 1.75 bits per heavy atom. The van der Waals surface area contributed by atoms with Crippen molar-refractivity contribution in [2.75, 3.05) is 41.1 Å². The third kappa shape index (κ3) is 5.41. The van der Waals surface area contributed by atoms with E-state index in [0.29, 0.717) is 35.2 Å². The molecule has 1 unspecified atom stereocenters. The highest BCUT2D eigenvalue weighted by atomic mass is 16.5. The van der Waals surface area contributed by atoms with Gasteiger partial charge >= 0.3 is 0 Å². The summed E-state index contributed by atoms with van der Waals surface area (Å²) in [4.78, 5) is 27.7. The average Bonchev–Trinajstić information content (AvgIpc) is 3.12. The molecule has 0 radical (unpaired) electrons. The van der Waals surface area contributed by atoms with Gasteiger partial charge in [-0.2, -0.15) is 0 Å². The zero-order valence-electron chi connectivity index (χ0n) is 21.5. The zero-order valence-corrected chi connectivity index (χ0v) is 21.5. The molecule has 194 valence electrons. The number of aliphatic hydroxyl groups is 1. The smallest absolute Gasteiger partial charge is 0.295 e. The molecule has 1 saturated heterocycles. The highest BCUT2D eigenvalue weighted by Crippen LogP contribution is 2.43. The molecule has 1 amide bonds. The second-order valence-corrected chi connectivity index (χ2v) is 8.36. The Hall–Kier alpha value is -3.72. The fraction of sp³-hybridized carbons (Fsp3) is 0.407. The van der Waals surface area contributed by atoms with Crippen molar-refractivity contribution in [1.82, 2.24) is 4.90 Å². The number of Topliss-reactive ketones (excluding diaryl/α,β-unsaturated/α-hetero) is 1. The summed E-state index contributed by atoms with van der Waals surface area (Å²) in [6, 6.07) is 9.17. The van der Waals surface area contributed by atoms with Gasteiger partial charge in [-0.25, -0.2) is 0 Å². The lowest BCUT2D eigenvalue weighted by Crippen LogP contribution is -2.32. The first kappa shape index (κ1) is 26.9. The van der Waals surface area contributed by atoms with Crippen LogP contribution in [0.4, 0.5) is 0 Å². The van der Waals surface area contributed by atoms with Crippen LogP contribution in [-0.2, 0) is 14.3 Å². The summed E-state index contributed by atoms with van der Waals surface area (Å²) in [7, 11) is 4.47. The first-order valence-corrected chi connectivity index (χ1v) is 11.7. The maximum atomic E-state index is 13.3. The molecule has 36 heavy (non-hydrogen) atoms. The van der Waals surface area contributed by atoms with Crippen LogP contribution in [0.15, 0.2) is 42.0 Å². The van der Waals surface area contributed by atoms with Crippen molar-refractivity contribution in [3.8, 4) is 23.0 Å². The van der Waals surface area contributed by atoms with E-state index >= 15 is 0 Å². The molecule has 2 aromatic carbocycles. The largest absolute Gasteiger partial charge is 0.507 e. The van der Waals surface area contributed by atoms with Crippen molar-refractivity contribution in [3.05, 3.63) is 53.1 Å². The lowest BCUT2D eigenvalue weighted by molar-refractivity contribution is -0.140. The Morgan fingerprint density at radius 1 is 1.00 bits per heavy atom. The Labute approximate surface area is 211 Å². The van der Waals surface area contributed by atoms with Gasteiger partial charge in [-0.05, 0) is 50.6 Å². The van der Waals surface area contributed by atoms with Crippen LogP contribution in [0, 0.1) is 0 Å². The minimum absolute atomic E-state index is 0.0560. The summed E-state index contributed by atoms with van der Waals surface area (Å²) in [5.41, 5.74) is 0.788. The summed E-state index contributed by atoms with van der Waals surface area (Å²) in [5.74, 6) is -0.0481. The minimum atomic E-state index is -0.876. The van der Waals surface area contributed by atoms with E-state index in [1.807, 2.05) is 20.8 Å². The molecule has 3 rings (SSSR count). The topological polar surface area (TPSA) is 104 Å². The molecule has 1 atom stereocenters. The molecule has 1 aliphatic rings. The quantitative estimate of drug-likeness (QED) is 0.282. The van der Waals surface area contributed by atoms with Crippen molar-refractivity contribution in [3.63, 3.8) is 0 Å². The molecule has 2 aromatic rings. The molecule has 0 aromatic heterocycles. The van der Waals surface area contributed by atoms with E-state index in [9.17, 15) is 14.7 Å². The molecule has 1 fully saturated rings. The molecular weight excluding hydrogens is 466 g/mol. The van der Waals surface area contributed by atoms with Crippen molar-refractivity contribution in [2.45, 2.75) is 32.9 Å². The number of carbonyl (C=O) groups is 2. The number of aliphatic hydroxyl groups excluding tert-OH is 1. The van der Waals surface area contributed by atoms with Crippen LogP contribution in [0.5, 0.6) is 23.0 Å². The summed E-state index contributed by atoms with van der Waals surface area (Å²) < 4.78 is 27.5. The van der Waals surface area contributed by atoms with E-state index < -0.39 is 17.7 Å². The first-order chi connectivity index (χ1) is 17.3. The summed E-state index contributed by atoms with van der Waals surface area (Å²) in [6.45, 7) is 6.42. The van der Waals surface area contributed by atoms with Gasteiger partial charge in [-0.3, -0.25) is 9.59 Å².